The van der Waals surface area contributed by atoms with Gasteiger partial charge in [-0.25, -0.2) is 0 Å². The Morgan fingerprint density at radius 3 is 2.00 bits per heavy atom. The quantitative estimate of drug-likeness (QED) is 0.590. The molecule has 0 fully saturated rings. The molecule has 21 heavy (non-hydrogen) atoms. The van der Waals surface area contributed by atoms with Crippen LogP contribution in [-0.4, -0.2) is 6.61 Å². The Morgan fingerprint density at radius 2 is 1.52 bits per heavy atom. The van der Waals surface area contributed by atoms with Crippen LogP contribution in [0.5, 0.6) is 5.75 Å². The van der Waals surface area contributed by atoms with Crippen LogP contribution in [0.25, 0.3) is 0 Å². The molecule has 0 radical (unpaired) electrons. The second kappa shape index (κ2) is 6.85. The fourth-order valence-corrected chi connectivity index (χ4v) is 2.26. The lowest BCUT2D eigenvalue weighted by atomic mass is 9.76. The summed E-state index contributed by atoms with van der Waals surface area (Å²) in [5.74, 6) is 1.61. The SMILES string of the molecule is CCC(C)(C)c1ccc(OCC(C)C)c(C(C)(C)CC)c1. The summed E-state index contributed by atoms with van der Waals surface area (Å²) in [6.45, 7) is 18.9. The van der Waals surface area contributed by atoms with Gasteiger partial charge >= 0.3 is 0 Å². The Balaban J connectivity index is 3.27. The highest BCUT2D eigenvalue weighted by molar-refractivity contribution is 5.44. The lowest BCUT2D eigenvalue weighted by molar-refractivity contribution is 0.263. The van der Waals surface area contributed by atoms with Gasteiger partial charge in [0.05, 0.1) is 6.61 Å². The molecule has 1 nitrogen and oxygen atoms in total. The van der Waals surface area contributed by atoms with E-state index >= 15 is 0 Å². The molecule has 0 aliphatic carbocycles. The van der Waals surface area contributed by atoms with Gasteiger partial charge in [0.25, 0.3) is 0 Å². The third kappa shape index (κ3) is 4.49. The van der Waals surface area contributed by atoms with Gasteiger partial charge in [0.2, 0.25) is 0 Å². The first-order valence-electron chi connectivity index (χ1n) is 8.42. The van der Waals surface area contributed by atoms with Crippen molar-refractivity contribution in [2.75, 3.05) is 6.61 Å². The largest absolute Gasteiger partial charge is 0.493 e. The first-order valence-corrected chi connectivity index (χ1v) is 8.42. The zero-order chi connectivity index (χ0) is 16.3. The van der Waals surface area contributed by atoms with Crippen LogP contribution < -0.4 is 4.74 Å². The predicted octanol–water partition coefficient (Wildman–Crippen LogP) is 6.10. The molecule has 0 aliphatic rings. The summed E-state index contributed by atoms with van der Waals surface area (Å²) in [7, 11) is 0. The van der Waals surface area contributed by atoms with Crippen molar-refractivity contribution in [3.05, 3.63) is 29.3 Å². The van der Waals surface area contributed by atoms with Crippen LogP contribution in [0.4, 0.5) is 0 Å². The maximum atomic E-state index is 6.09. The molecule has 0 saturated carbocycles. The minimum absolute atomic E-state index is 0.145. The van der Waals surface area contributed by atoms with E-state index < -0.39 is 0 Å². The van der Waals surface area contributed by atoms with E-state index in [0.29, 0.717) is 5.92 Å². The summed E-state index contributed by atoms with van der Waals surface area (Å²) in [5, 5.41) is 0. The standard InChI is InChI=1S/C20H34O/c1-9-19(5,6)16-11-12-18(21-14-15(3)4)17(13-16)20(7,8)10-2/h11-13,15H,9-10,14H2,1-8H3. The topological polar surface area (TPSA) is 9.23 Å². The molecule has 0 aliphatic heterocycles. The van der Waals surface area contributed by atoms with Crippen molar-refractivity contribution in [2.24, 2.45) is 5.92 Å². The average Bonchev–Trinajstić information content (AvgIpc) is 2.44. The summed E-state index contributed by atoms with van der Waals surface area (Å²) in [4.78, 5) is 0. The summed E-state index contributed by atoms with van der Waals surface area (Å²) < 4.78 is 6.09. The third-order valence-corrected chi connectivity index (χ3v) is 4.83. The van der Waals surface area contributed by atoms with E-state index in [1.54, 1.807) is 0 Å². The maximum Gasteiger partial charge on any atom is 0.123 e. The molecule has 0 atom stereocenters. The average molecular weight is 290 g/mol. The lowest BCUT2D eigenvalue weighted by Crippen LogP contribution is -2.21. The van der Waals surface area contributed by atoms with Crippen molar-refractivity contribution >= 4 is 0 Å². The van der Waals surface area contributed by atoms with E-state index in [2.05, 4.69) is 73.6 Å². The van der Waals surface area contributed by atoms with E-state index in [0.717, 1.165) is 25.2 Å². The van der Waals surface area contributed by atoms with Gasteiger partial charge in [-0.3, -0.25) is 0 Å². The zero-order valence-electron chi connectivity index (χ0n) is 15.3. The summed E-state index contributed by atoms with van der Waals surface area (Å²) >= 11 is 0. The maximum absolute atomic E-state index is 6.09. The molecule has 0 unspecified atom stereocenters. The Morgan fingerprint density at radius 1 is 0.952 bits per heavy atom. The summed E-state index contributed by atoms with van der Waals surface area (Å²) in [5.41, 5.74) is 3.13. The molecule has 1 aromatic carbocycles. The van der Waals surface area contributed by atoms with Crippen molar-refractivity contribution in [1.82, 2.24) is 0 Å². The first kappa shape index (κ1) is 18.1. The molecular weight excluding hydrogens is 256 g/mol. The molecule has 1 heteroatoms. The van der Waals surface area contributed by atoms with Crippen LogP contribution in [0.2, 0.25) is 0 Å². The van der Waals surface area contributed by atoms with Crippen LogP contribution in [0.15, 0.2) is 18.2 Å². The van der Waals surface area contributed by atoms with Gasteiger partial charge in [0.1, 0.15) is 5.75 Å². The highest BCUT2D eigenvalue weighted by atomic mass is 16.5. The Kier molecular flexibility index (Phi) is 5.90. The normalized spacial score (nSPS) is 12.8. The van der Waals surface area contributed by atoms with Crippen LogP contribution in [0.1, 0.15) is 79.4 Å². The van der Waals surface area contributed by atoms with Crippen molar-refractivity contribution in [3.63, 3.8) is 0 Å². The first-order chi connectivity index (χ1) is 9.64. The summed E-state index contributed by atoms with van der Waals surface area (Å²) in [6.07, 6.45) is 2.26. The van der Waals surface area contributed by atoms with E-state index in [4.69, 9.17) is 4.74 Å². The van der Waals surface area contributed by atoms with Gasteiger partial charge in [0, 0.05) is 5.56 Å². The van der Waals surface area contributed by atoms with Crippen molar-refractivity contribution < 1.29 is 4.74 Å². The van der Waals surface area contributed by atoms with E-state index in [1.807, 2.05) is 0 Å². The van der Waals surface area contributed by atoms with Crippen LogP contribution in [0.3, 0.4) is 0 Å². The smallest absolute Gasteiger partial charge is 0.123 e. The monoisotopic (exact) mass is 290 g/mol. The minimum atomic E-state index is 0.145. The fourth-order valence-electron chi connectivity index (χ4n) is 2.26. The van der Waals surface area contributed by atoms with Gasteiger partial charge in [-0.2, -0.15) is 0 Å². The van der Waals surface area contributed by atoms with Crippen molar-refractivity contribution in [2.45, 2.75) is 79.1 Å². The molecule has 0 aromatic heterocycles. The number of rotatable bonds is 7. The van der Waals surface area contributed by atoms with E-state index in [9.17, 15) is 0 Å². The molecule has 0 bridgehead atoms. The molecule has 0 amide bonds. The van der Waals surface area contributed by atoms with Crippen molar-refractivity contribution in [1.29, 1.82) is 0 Å². The highest BCUT2D eigenvalue weighted by Crippen LogP contribution is 2.38. The van der Waals surface area contributed by atoms with E-state index in [-0.39, 0.29) is 10.8 Å². The fraction of sp³-hybridized carbons (Fsp3) is 0.700. The van der Waals surface area contributed by atoms with Gasteiger partial charge in [-0.1, -0.05) is 67.5 Å². The molecule has 120 valence electrons. The van der Waals surface area contributed by atoms with Gasteiger partial charge in [0.15, 0.2) is 0 Å². The second-order valence-corrected chi connectivity index (χ2v) is 7.89. The number of benzene rings is 1. The number of hydrogen-bond donors (Lipinski definition) is 0. The second-order valence-electron chi connectivity index (χ2n) is 7.89. The minimum Gasteiger partial charge on any atom is -0.493 e. The highest BCUT2D eigenvalue weighted by Gasteiger charge is 2.26. The molecule has 1 aromatic rings. The van der Waals surface area contributed by atoms with Gasteiger partial charge in [-0.05, 0) is 41.2 Å². The Labute approximate surface area is 132 Å². The van der Waals surface area contributed by atoms with Crippen LogP contribution >= 0.6 is 0 Å². The zero-order valence-corrected chi connectivity index (χ0v) is 15.3. The third-order valence-electron chi connectivity index (χ3n) is 4.83. The van der Waals surface area contributed by atoms with Gasteiger partial charge in [-0.15, -0.1) is 0 Å². The number of ether oxygens (including phenoxy) is 1. The molecule has 0 saturated heterocycles. The molecule has 1 rings (SSSR count). The van der Waals surface area contributed by atoms with Crippen LogP contribution in [0, 0.1) is 5.92 Å². The van der Waals surface area contributed by atoms with E-state index in [1.165, 1.54) is 11.1 Å². The molecule has 0 N–H and O–H groups in total. The summed E-state index contributed by atoms with van der Waals surface area (Å²) in [6, 6.07) is 6.80. The van der Waals surface area contributed by atoms with Crippen molar-refractivity contribution in [3.8, 4) is 5.75 Å². The molecule has 0 heterocycles. The lowest BCUT2D eigenvalue weighted by Gasteiger charge is -2.30. The Bertz CT molecular complexity index is 455. The van der Waals surface area contributed by atoms with Gasteiger partial charge < -0.3 is 4.74 Å². The molecule has 0 spiro atoms. The molecular formula is C20H34O. The number of hydrogen-bond acceptors (Lipinski definition) is 1. The Hall–Kier alpha value is -0.980. The van der Waals surface area contributed by atoms with Crippen LogP contribution in [-0.2, 0) is 10.8 Å². The predicted molar refractivity (Wildman–Crippen MR) is 93.4 cm³/mol.